The molecule has 0 radical (unpaired) electrons. The molecule has 9 aromatic rings. The Kier molecular flexibility index (Phi) is 4.58. The highest BCUT2D eigenvalue weighted by molar-refractivity contribution is 6.24. The summed E-state index contributed by atoms with van der Waals surface area (Å²) in [5.41, 5.74) is 10.1. The van der Waals surface area contributed by atoms with E-state index in [1.807, 2.05) is 12.4 Å². The van der Waals surface area contributed by atoms with E-state index in [-0.39, 0.29) is 0 Å². The number of aromatic nitrogens is 4. The molecule has 0 aliphatic rings. The molecular weight excluding hydrogens is 500 g/mol. The van der Waals surface area contributed by atoms with Gasteiger partial charge in [0.15, 0.2) is 0 Å². The summed E-state index contributed by atoms with van der Waals surface area (Å²) in [6.07, 6.45) is 1.94. The van der Waals surface area contributed by atoms with Crippen LogP contribution >= 0.6 is 0 Å². The third kappa shape index (κ3) is 3.07. The van der Waals surface area contributed by atoms with Gasteiger partial charge in [0.1, 0.15) is 11.8 Å². The van der Waals surface area contributed by atoms with Crippen LogP contribution < -0.4 is 0 Å². The number of fused-ring (bicyclic) bond motifs is 8. The first kappa shape index (κ1) is 22.2. The van der Waals surface area contributed by atoms with Crippen LogP contribution in [0.2, 0.25) is 0 Å². The number of benzene rings is 6. The minimum absolute atomic E-state index is 0.971. The predicted molar refractivity (Wildman–Crippen MR) is 170 cm³/mol. The van der Waals surface area contributed by atoms with Gasteiger partial charge in [-0.05, 0) is 48.5 Å². The second kappa shape index (κ2) is 8.44. The van der Waals surface area contributed by atoms with Crippen molar-refractivity contribution in [2.45, 2.75) is 0 Å². The van der Waals surface area contributed by atoms with Crippen molar-refractivity contribution in [3.8, 4) is 17.1 Å². The van der Waals surface area contributed by atoms with E-state index < -0.39 is 0 Å². The Hall–Kier alpha value is -5.61. The largest absolute Gasteiger partial charge is 0.307 e. The fourth-order valence-corrected chi connectivity index (χ4v) is 6.59. The summed E-state index contributed by atoms with van der Waals surface area (Å²) in [5.74, 6) is 0. The van der Waals surface area contributed by atoms with Crippen LogP contribution in [0.1, 0.15) is 0 Å². The molecule has 3 heterocycles. The molecule has 6 aromatic carbocycles. The Balaban J connectivity index is 1.49. The topological polar surface area (TPSA) is 27.7 Å². The van der Waals surface area contributed by atoms with Gasteiger partial charge in [0.25, 0.3) is 0 Å². The SMILES string of the molecule is c1ccc(-n2cnc3c(-n4c5ccccc5c5ccc6c7ccccc7n(-c7ccccc7)c6c54)cccc32)cc1. The van der Waals surface area contributed by atoms with E-state index in [1.54, 1.807) is 0 Å². The van der Waals surface area contributed by atoms with Crippen molar-refractivity contribution < 1.29 is 0 Å². The van der Waals surface area contributed by atoms with E-state index in [9.17, 15) is 0 Å². The van der Waals surface area contributed by atoms with Crippen molar-refractivity contribution in [2.75, 3.05) is 0 Å². The summed E-state index contributed by atoms with van der Waals surface area (Å²) < 4.78 is 7.02. The Morgan fingerprint density at radius 3 is 1.61 bits per heavy atom. The quantitative estimate of drug-likeness (QED) is 0.226. The Labute approximate surface area is 235 Å². The Bertz CT molecular complexity index is 2410. The zero-order valence-corrected chi connectivity index (χ0v) is 22.1. The highest BCUT2D eigenvalue weighted by atomic mass is 15.1. The lowest BCUT2D eigenvalue weighted by Gasteiger charge is -2.13. The molecule has 0 N–H and O–H groups in total. The number of hydrogen-bond acceptors (Lipinski definition) is 1. The van der Waals surface area contributed by atoms with Gasteiger partial charge in [0.2, 0.25) is 0 Å². The summed E-state index contributed by atoms with van der Waals surface area (Å²) in [5, 5.41) is 4.95. The molecule has 4 nitrogen and oxygen atoms in total. The highest BCUT2D eigenvalue weighted by Crippen LogP contribution is 2.42. The molecule has 0 fully saturated rings. The molecule has 0 bridgehead atoms. The monoisotopic (exact) mass is 524 g/mol. The summed E-state index contributed by atoms with van der Waals surface area (Å²) in [6, 6.07) is 49.6. The minimum Gasteiger partial charge on any atom is -0.307 e. The molecule has 0 saturated heterocycles. The molecule has 0 aliphatic heterocycles. The van der Waals surface area contributed by atoms with Crippen molar-refractivity contribution in [1.82, 2.24) is 18.7 Å². The number of para-hydroxylation sites is 5. The van der Waals surface area contributed by atoms with Crippen LogP contribution in [0.25, 0.3) is 71.7 Å². The lowest BCUT2D eigenvalue weighted by molar-refractivity contribution is 1.09. The third-order valence-electron chi connectivity index (χ3n) is 8.31. The molecular formula is C37H24N4. The van der Waals surface area contributed by atoms with E-state index >= 15 is 0 Å². The van der Waals surface area contributed by atoms with Gasteiger partial charge in [-0.2, -0.15) is 0 Å². The molecule has 9 rings (SSSR count). The van der Waals surface area contributed by atoms with Crippen LogP contribution in [0.5, 0.6) is 0 Å². The zero-order valence-electron chi connectivity index (χ0n) is 22.1. The number of nitrogens with zero attached hydrogens (tertiary/aromatic N) is 4. The van der Waals surface area contributed by atoms with E-state index in [4.69, 9.17) is 4.98 Å². The van der Waals surface area contributed by atoms with Gasteiger partial charge in [-0.1, -0.05) is 91.0 Å². The van der Waals surface area contributed by atoms with E-state index in [0.717, 1.165) is 28.1 Å². The van der Waals surface area contributed by atoms with E-state index in [0.29, 0.717) is 0 Å². The maximum absolute atomic E-state index is 5.00. The van der Waals surface area contributed by atoms with Crippen molar-refractivity contribution in [2.24, 2.45) is 0 Å². The van der Waals surface area contributed by atoms with Gasteiger partial charge in [-0.25, -0.2) is 4.98 Å². The van der Waals surface area contributed by atoms with Crippen LogP contribution in [0, 0.1) is 0 Å². The molecule has 0 amide bonds. The number of hydrogen-bond donors (Lipinski definition) is 0. The highest BCUT2D eigenvalue weighted by Gasteiger charge is 2.22. The average Bonchev–Trinajstić information content (AvgIpc) is 3.72. The summed E-state index contributed by atoms with van der Waals surface area (Å²) >= 11 is 0. The summed E-state index contributed by atoms with van der Waals surface area (Å²) in [6.45, 7) is 0. The van der Waals surface area contributed by atoms with Crippen LogP contribution in [-0.2, 0) is 0 Å². The van der Waals surface area contributed by atoms with Gasteiger partial charge in [-0.3, -0.25) is 4.57 Å². The number of rotatable bonds is 3. The summed E-state index contributed by atoms with van der Waals surface area (Å²) in [4.78, 5) is 5.00. The number of imidazole rings is 1. The molecule has 0 spiro atoms. The molecule has 192 valence electrons. The molecule has 4 heteroatoms. The molecule has 0 unspecified atom stereocenters. The lowest BCUT2D eigenvalue weighted by Crippen LogP contribution is -1.99. The molecule has 3 aromatic heterocycles. The molecule has 0 atom stereocenters. The van der Waals surface area contributed by atoms with Crippen molar-refractivity contribution >= 4 is 54.6 Å². The predicted octanol–water partition coefficient (Wildman–Crippen LogP) is 9.22. The second-order valence-corrected chi connectivity index (χ2v) is 10.5. The first-order valence-electron chi connectivity index (χ1n) is 13.9. The normalized spacial score (nSPS) is 11.9. The summed E-state index contributed by atoms with van der Waals surface area (Å²) in [7, 11) is 0. The van der Waals surface area contributed by atoms with E-state index in [2.05, 4.69) is 147 Å². The van der Waals surface area contributed by atoms with Crippen LogP contribution in [0.15, 0.2) is 146 Å². The fourth-order valence-electron chi connectivity index (χ4n) is 6.59. The lowest BCUT2D eigenvalue weighted by atomic mass is 10.1. The van der Waals surface area contributed by atoms with E-state index in [1.165, 1.54) is 43.6 Å². The first-order chi connectivity index (χ1) is 20.4. The first-order valence-corrected chi connectivity index (χ1v) is 13.9. The maximum Gasteiger partial charge on any atom is 0.113 e. The van der Waals surface area contributed by atoms with Crippen molar-refractivity contribution in [3.05, 3.63) is 146 Å². The van der Waals surface area contributed by atoms with Gasteiger partial charge < -0.3 is 9.13 Å². The molecule has 0 aliphatic carbocycles. The molecule has 41 heavy (non-hydrogen) atoms. The van der Waals surface area contributed by atoms with Gasteiger partial charge in [0, 0.05) is 32.9 Å². The van der Waals surface area contributed by atoms with Crippen LogP contribution in [-0.4, -0.2) is 18.7 Å². The second-order valence-electron chi connectivity index (χ2n) is 10.5. The fraction of sp³-hybridized carbons (Fsp3) is 0. The zero-order chi connectivity index (χ0) is 26.9. The van der Waals surface area contributed by atoms with Gasteiger partial charge in [0.05, 0.1) is 33.3 Å². The average molecular weight is 525 g/mol. The Morgan fingerprint density at radius 2 is 0.927 bits per heavy atom. The smallest absolute Gasteiger partial charge is 0.113 e. The maximum atomic E-state index is 5.00. The van der Waals surface area contributed by atoms with Crippen LogP contribution in [0.3, 0.4) is 0 Å². The van der Waals surface area contributed by atoms with Crippen molar-refractivity contribution in [3.63, 3.8) is 0 Å². The minimum atomic E-state index is 0.971. The van der Waals surface area contributed by atoms with Gasteiger partial charge in [-0.15, -0.1) is 0 Å². The van der Waals surface area contributed by atoms with Crippen LogP contribution in [0.4, 0.5) is 0 Å². The third-order valence-corrected chi connectivity index (χ3v) is 8.31. The van der Waals surface area contributed by atoms with Crippen molar-refractivity contribution in [1.29, 1.82) is 0 Å². The standard InChI is InChI=1S/C37H24N4/c1-3-12-25(13-4-1)39-24-38-35-33(39)20-11-21-34(35)41-32-19-10-8-17-28(32)30-23-22-29-27-16-7-9-18-31(27)40(36(29)37(30)41)26-14-5-2-6-15-26/h1-24H. The Morgan fingerprint density at radius 1 is 0.390 bits per heavy atom. The molecule has 0 saturated carbocycles. The van der Waals surface area contributed by atoms with Gasteiger partial charge >= 0.3 is 0 Å².